The fourth-order valence-electron chi connectivity index (χ4n) is 3.18. The summed E-state index contributed by atoms with van der Waals surface area (Å²) in [6, 6.07) is -0.752. The van der Waals surface area contributed by atoms with Crippen molar-refractivity contribution in [2.45, 2.75) is 52.5 Å². The molecule has 0 aromatic heterocycles. The molecular weight excluding hydrogens is 240 g/mol. The molecule has 106 valence electrons. The zero-order chi connectivity index (χ0) is 14.6. The maximum absolute atomic E-state index is 12.2. The summed E-state index contributed by atoms with van der Waals surface area (Å²) in [5.41, 5.74) is 5.39. The van der Waals surface area contributed by atoms with Crippen molar-refractivity contribution < 1.29 is 9.59 Å². The van der Waals surface area contributed by atoms with Gasteiger partial charge in [-0.15, -0.1) is 12.3 Å². The quantitative estimate of drug-likeness (QED) is 0.754. The van der Waals surface area contributed by atoms with Crippen LogP contribution in [0.15, 0.2) is 0 Å². The highest BCUT2D eigenvalue weighted by atomic mass is 16.2. The molecule has 4 heteroatoms. The topological polar surface area (TPSA) is 72.2 Å². The molecule has 0 aromatic carbocycles. The summed E-state index contributed by atoms with van der Waals surface area (Å²) in [6.07, 6.45) is 8.14. The van der Waals surface area contributed by atoms with E-state index in [0.717, 1.165) is 19.3 Å². The van der Waals surface area contributed by atoms with Crippen LogP contribution in [-0.4, -0.2) is 17.9 Å². The van der Waals surface area contributed by atoms with Crippen LogP contribution >= 0.6 is 0 Å². The molecule has 1 aliphatic carbocycles. The van der Waals surface area contributed by atoms with E-state index in [1.54, 1.807) is 0 Å². The first kappa shape index (κ1) is 15.6. The molecule has 0 spiro atoms. The van der Waals surface area contributed by atoms with E-state index in [2.05, 4.69) is 32.0 Å². The van der Waals surface area contributed by atoms with Gasteiger partial charge in [-0.05, 0) is 30.6 Å². The molecule has 1 rings (SSSR count). The molecule has 19 heavy (non-hydrogen) atoms. The Kier molecular flexibility index (Phi) is 4.99. The molecule has 0 aliphatic heterocycles. The van der Waals surface area contributed by atoms with E-state index in [-0.39, 0.29) is 23.7 Å². The van der Waals surface area contributed by atoms with Gasteiger partial charge in [0.25, 0.3) is 0 Å². The average molecular weight is 264 g/mol. The lowest BCUT2D eigenvalue weighted by Gasteiger charge is -2.38. The Morgan fingerprint density at radius 1 is 1.47 bits per heavy atom. The Morgan fingerprint density at radius 2 is 2.11 bits per heavy atom. The third kappa shape index (κ3) is 4.59. The van der Waals surface area contributed by atoms with Gasteiger partial charge < -0.3 is 11.1 Å². The first-order chi connectivity index (χ1) is 8.75. The lowest BCUT2D eigenvalue weighted by molar-refractivity contribution is -0.132. The third-order valence-corrected chi connectivity index (χ3v) is 3.74. The van der Waals surface area contributed by atoms with E-state index in [4.69, 9.17) is 12.2 Å². The summed E-state index contributed by atoms with van der Waals surface area (Å²) < 4.78 is 0. The van der Waals surface area contributed by atoms with Crippen LogP contribution in [0.4, 0.5) is 0 Å². The minimum atomic E-state index is -0.752. The molecule has 0 saturated heterocycles. The predicted octanol–water partition coefficient (Wildman–Crippen LogP) is 1.44. The fourth-order valence-corrected chi connectivity index (χ4v) is 3.18. The predicted molar refractivity (Wildman–Crippen MR) is 74.9 cm³/mol. The van der Waals surface area contributed by atoms with Crippen molar-refractivity contribution in [3.63, 3.8) is 0 Å². The Labute approximate surface area is 115 Å². The summed E-state index contributed by atoms with van der Waals surface area (Å²) in [4.78, 5) is 23.4. The van der Waals surface area contributed by atoms with Crippen molar-refractivity contribution in [2.75, 3.05) is 0 Å². The first-order valence-corrected chi connectivity index (χ1v) is 6.78. The molecule has 2 amide bonds. The lowest BCUT2D eigenvalue weighted by atomic mass is 9.68. The van der Waals surface area contributed by atoms with Crippen LogP contribution in [0.25, 0.3) is 0 Å². The SMILES string of the molecule is C#CC[C@H](NC(=O)[C@H]1C[C@H](C)CC(C)(C)C1)C(N)=O. The van der Waals surface area contributed by atoms with Crippen LogP contribution in [0.1, 0.15) is 46.5 Å². The van der Waals surface area contributed by atoms with Crippen LogP contribution < -0.4 is 11.1 Å². The van der Waals surface area contributed by atoms with Crippen molar-refractivity contribution in [3.05, 3.63) is 0 Å². The van der Waals surface area contributed by atoms with E-state index in [9.17, 15) is 9.59 Å². The van der Waals surface area contributed by atoms with Gasteiger partial charge in [-0.1, -0.05) is 20.8 Å². The highest BCUT2D eigenvalue weighted by molar-refractivity contribution is 5.87. The molecule has 3 atom stereocenters. The van der Waals surface area contributed by atoms with Crippen molar-refractivity contribution in [1.29, 1.82) is 0 Å². The maximum Gasteiger partial charge on any atom is 0.240 e. The molecule has 0 heterocycles. The van der Waals surface area contributed by atoms with E-state index in [0.29, 0.717) is 5.92 Å². The number of nitrogens with one attached hydrogen (secondary N) is 1. The zero-order valence-corrected chi connectivity index (χ0v) is 12.0. The Morgan fingerprint density at radius 3 is 2.58 bits per heavy atom. The van der Waals surface area contributed by atoms with Gasteiger partial charge in [0, 0.05) is 12.3 Å². The molecule has 1 fully saturated rings. The van der Waals surface area contributed by atoms with E-state index in [1.807, 2.05) is 0 Å². The van der Waals surface area contributed by atoms with Crippen molar-refractivity contribution >= 4 is 11.8 Å². The fraction of sp³-hybridized carbons (Fsp3) is 0.733. The van der Waals surface area contributed by atoms with Crippen LogP contribution in [0.5, 0.6) is 0 Å². The number of hydrogen-bond donors (Lipinski definition) is 2. The van der Waals surface area contributed by atoms with Gasteiger partial charge in [-0.3, -0.25) is 9.59 Å². The van der Waals surface area contributed by atoms with Gasteiger partial charge >= 0.3 is 0 Å². The van der Waals surface area contributed by atoms with Crippen LogP contribution in [0, 0.1) is 29.6 Å². The Balaban J connectivity index is 2.67. The molecule has 0 bridgehead atoms. The van der Waals surface area contributed by atoms with E-state index in [1.165, 1.54) is 0 Å². The van der Waals surface area contributed by atoms with E-state index >= 15 is 0 Å². The van der Waals surface area contributed by atoms with Crippen LogP contribution in [0.2, 0.25) is 0 Å². The number of amides is 2. The van der Waals surface area contributed by atoms with Gasteiger partial charge in [0.2, 0.25) is 11.8 Å². The number of rotatable bonds is 4. The number of carbonyl (C=O) groups is 2. The lowest BCUT2D eigenvalue weighted by Crippen LogP contribution is -2.48. The molecule has 4 nitrogen and oxygen atoms in total. The molecule has 0 radical (unpaired) electrons. The highest BCUT2D eigenvalue weighted by Gasteiger charge is 2.36. The highest BCUT2D eigenvalue weighted by Crippen LogP contribution is 2.41. The molecule has 1 saturated carbocycles. The smallest absolute Gasteiger partial charge is 0.240 e. The van der Waals surface area contributed by atoms with Crippen molar-refractivity contribution in [1.82, 2.24) is 5.32 Å². The molecule has 0 unspecified atom stereocenters. The summed E-state index contributed by atoms with van der Waals surface area (Å²) in [5.74, 6) is 2.15. The summed E-state index contributed by atoms with van der Waals surface area (Å²) in [5, 5.41) is 2.69. The summed E-state index contributed by atoms with van der Waals surface area (Å²) in [7, 11) is 0. The minimum Gasteiger partial charge on any atom is -0.368 e. The number of primary amides is 1. The molecule has 0 aromatic rings. The van der Waals surface area contributed by atoms with Crippen LogP contribution in [0.3, 0.4) is 0 Å². The summed E-state index contributed by atoms with van der Waals surface area (Å²) in [6.45, 7) is 6.51. The second kappa shape index (κ2) is 6.10. The monoisotopic (exact) mass is 264 g/mol. The first-order valence-electron chi connectivity index (χ1n) is 6.78. The normalized spacial score (nSPS) is 27.1. The van der Waals surface area contributed by atoms with Crippen molar-refractivity contribution in [3.8, 4) is 12.3 Å². The van der Waals surface area contributed by atoms with E-state index < -0.39 is 11.9 Å². The summed E-state index contributed by atoms with van der Waals surface area (Å²) >= 11 is 0. The van der Waals surface area contributed by atoms with Gasteiger partial charge in [-0.2, -0.15) is 0 Å². The Hall–Kier alpha value is -1.50. The second-order valence-corrected chi connectivity index (χ2v) is 6.48. The Bertz CT molecular complexity index is 395. The molecule has 3 N–H and O–H groups in total. The standard InChI is InChI=1S/C15H24N2O2/c1-5-6-12(13(16)18)17-14(19)11-7-10(2)8-15(3,4)9-11/h1,10-12H,6-9H2,2-4H3,(H2,16,18)(H,17,19)/t10-,11-,12-/m0/s1. The number of terminal acetylenes is 1. The molecular formula is C15H24N2O2. The van der Waals surface area contributed by atoms with Gasteiger partial charge in [-0.25, -0.2) is 0 Å². The largest absolute Gasteiger partial charge is 0.368 e. The third-order valence-electron chi connectivity index (χ3n) is 3.74. The molecule has 1 aliphatic rings. The van der Waals surface area contributed by atoms with Crippen LogP contribution in [-0.2, 0) is 9.59 Å². The minimum absolute atomic E-state index is 0.0571. The van der Waals surface area contributed by atoms with Gasteiger partial charge in [0.15, 0.2) is 0 Å². The zero-order valence-electron chi connectivity index (χ0n) is 12.0. The number of nitrogens with two attached hydrogens (primary N) is 1. The van der Waals surface area contributed by atoms with Gasteiger partial charge in [0.1, 0.15) is 6.04 Å². The maximum atomic E-state index is 12.2. The number of carbonyl (C=O) groups excluding carboxylic acids is 2. The number of hydrogen-bond acceptors (Lipinski definition) is 2. The van der Waals surface area contributed by atoms with Crippen molar-refractivity contribution in [2.24, 2.45) is 23.0 Å². The average Bonchev–Trinajstić information content (AvgIpc) is 2.25. The van der Waals surface area contributed by atoms with Gasteiger partial charge in [0.05, 0.1) is 0 Å². The second-order valence-electron chi connectivity index (χ2n) is 6.48.